The minimum Gasteiger partial charge on any atom is -0.378 e. The fourth-order valence-electron chi connectivity index (χ4n) is 3.59. The predicted octanol–water partition coefficient (Wildman–Crippen LogP) is 2.02. The van der Waals surface area contributed by atoms with E-state index in [1.807, 2.05) is 0 Å². The molecule has 2 fully saturated rings. The zero-order valence-corrected chi connectivity index (χ0v) is 13.4. The molecule has 0 amide bonds. The third-order valence-electron chi connectivity index (χ3n) is 4.72. The second-order valence-corrected chi connectivity index (χ2v) is 6.66. The summed E-state index contributed by atoms with van der Waals surface area (Å²) in [6, 6.07) is 1.28. The highest BCUT2D eigenvalue weighted by molar-refractivity contribution is 9.10. The average Bonchev–Trinajstić information content (AvgIpc) is 2.66. The summed E-state index contributed by atoms with van der Waals surface area (Å²) in [5.74, 6) is 1.19. The summed E-state index contributed by atoms with van der Waals surface area (Å²) in [6.07, 6.45) is 4.71. The molecule has 2 unspecified atom stereocenters. The highest BCUT2D eigenvalue weighted by atomic mass is 79.9. The number of rotatable bonds is 3. The first kappa shape index (κ1) is 14.2. The summed E-state index contributed by atoms with van der Waals surface area (Å²) in [4.78, 5) is 22.1. The van der Waals surface area contributed by atoms with E-state index in [1.54, 1.807) is 7.11 Å². The minimum atomic E-state index is -0.103. The molecule has 0 saturated carbocycles. The number of aromatic amines is 1. The fourth-order valence-corrected chi connectivity index (χ4v) is 3.89. The minimum absolute atomic E-state index is 0.103. The molecule has 6 heteroatoms. The van der Waals surface area contributed by atoms with Crippen LogP contribution in [0.15, 0.2) is 9.27 Å². The van der Waals surface area contributed by atoms with Gasteiger partial charge in [-0.2, -0.15) is 0 Å². The van der Waals surface area contributed by atoms with Crippen LogP contribution in [-0.2, 0) is 11.3 Å². The van der Waals surface area contributed by atoms with Gasteiger partial charge in [0.05, 0.1) is 12.3 Å². The molecule has 0 radical (unpaired) electrons. The van der Waals surface area contributed by atoms with E-state index in [1.165, 1.54) is 12.8 Å². The predicted molar refractivity (Wildman–Crippen MR) is 79.8 cm³/mol. The molecule has 3 heterocycles. The van der Waals surface area contributed by atoms with E-state index in [9.17, 15) is 4.79 Å². The molecule has 1 aromatic heterocycles. The van der Waals surface area contributed by atoms with Crippen LogP contribution in [0.5, 0.6) is 0 Å². The van der Waals surface area contributed by atoms with Crippen LogP contribution in [0.1, 0.15) is 43.1 Å². The normalized spacial score (nSPS) is 29.9. The second-order valence-electron chi connectivity index (χ2n) is 5.86. The molecule has 1 N–H and O–H groups in total. The summed E-state index contributed by atoms with van der Waals surface area (Å²) >= 11 is 3.29. The van der Waals surface area contributed by atoms with Gasteiger partial charge in [0.25, 0.3) is 5.56 Å². The number of fused-ring (bicyclic) bond motifs is 2. The molecule has 3 rings (SSSR count). The van der Waals surface area contributed by atoms with E-state index in [-0.39, 0.29) is 5.56 Å². The molecule has 2 aliphatic rings. The van der Waals surface area contributed by atoms with Crippen molar-refractivity contribution in [1.29, 1.82) is 0 Å². The molecule has 2 aliphatic heterocycles. The van der Waals surface area contributed by atoms with Gasteiger partial charge in [-0.05, 0) is 48.7 Å². The quantitative estimate of drug-likeness (QED) is 0.913. The second kappa shape index (κ2) is 5.58. The number of H-pyrrole nitrogens is 1. The van der Waals surface area contributed by atoms with Gasteiger partial charge in [0.2, 0.25) is 0 Å². The lowest BCUT2D eigenvalue weighted by Gasteiger charge is -2.35. The van der Waals surface area contributed by atoms with Crippen molar-refractivity contribution >= 4 is 15.9 Å². The Morgan fingerprint density at radius 1 is 1.40 bits per heavy atom. The molecule has 0 spiro atoms. The maximum Gasteiger partial charge on any atom is 0.265 e. The zero-order valence-electron chi connectivity index (χ0n) is 11.9. The fraction of sp³-hybridized carbons (Fsp3) is 0.714. The van der Waals surface area contributed by atoms with Crippen LogP contribution in [0.25, 0.3) is 0 Å². The lowest BCUT2D eigenvalue weighted by atomic mass is 9.90. The molecule has 20 heavy (non-hydrogen) atoms. The molecule has 5 nitrogen and oxygen atoms in total. The maximum absolute atomic E-state index is 12.0. The Labute approximate surface area is 126 Å². The van der Waals surface area contributed by atoms with Gasteiger partial charge in [-0.15, -0.1) is 0 Å². The van der Waals surface area contributed by atoms with Crippen molar-refractivity contribution in [3.63, 3.8) is 0 Å². The first-order chi connectivity index (χ1) is 9.60. The van der Waals surface area contributed by atoms with Gasteiger partial charge in [0.1, 0.15) is 10.3 Å². The summed E-state index contributed by atoms with van der Waals surface area (Å²) in [6.45, 7) is 0.358. The molecular weight excluding hydrogens is 322 g/mol. The highest BCUT2D eigenvalue weighted by Crippen LogP contribution is 2.41. The topological polar surface area (TPSA) is 58.2 Å². The van der Waals surface area contributed by atoms with Crippen LogP contribution in [-0.4, -0.2) is 41.1 Å². The van der Waals surface area contributed by atoms with Crippen molar-refractivity contribution in [1.82, 2.24) is 14.9 Å². The largest absolute Gasteiger partial charge is 0.378 e. The first-order valence-corrected chi connectivity index (χ1v) is 7.89. The number of nitrogens with zero attached hydrogens (tertiary/aromatic N) is 2. The summed E-state index contributed by atoms with van der Waals surface area (Å²) in [5, 5.41) is 0. The van der Waals surface area contributed by atoms with Gasteiger partial charge in [-0.1, -0.05) is 0 Å². The summed E-state index contributed by atoms with van der Waals surface area (Å²) in [7, 11) is 3.83. The number of halogens is 1. The van der Waals surface area contributed by atoms with E-state index >= 15 is 0 Å². The van der Waals surface area contributed by atoms with Crippen molar-refractivity contribution in [2.45, 2.75) is 50.3 Å². The zero-order chi connectivity index (χ0) is 14.3. The number of piperidine rings is 1. The molecule has 2 atom stereocenters. The molecule has 2 saturated heterocycles. The molecule has 0 aromatic carbocycles. The van der Waals surface area contributed by atoms with Crippen molar-refractivity contribution in [2.75, 3.05) is 14.2 Å². The van der Waals surface area contributed by atoms with Crippen molar-refractivity contribution in [3.05, 3.63) is 26.3 Å². The molecule has 0 aliphatic carbocycles. The Morgan fingerprint density at radius 3 is 2.65 bits per heavy atom. The molecule has 1 aromatic rings. The lowest BCUT2D eigenvalue weighted by molar-refractivity contribution is 0.157. The summed E-state index contributed by atoms with van der Waals surface area (Å²) < 4.78 is 5.61. The monoisotopic (exact) mass is 341 g/mol. The van der Waals surface area contributed by atoms with E-state index < -0.39 is 0 Å². The van der Waals surface area contributed by atoms with Crippen LogP contribution >= 0.6 is 15.9 Å². The maximum atomic E-state index is 12.0. The number of hydrogen-bond donors (Lipinski definition) is 1. The van der Waals surface area contributed by atoms with Crippen LogP contribution in [0.2, 0.25) is 0 Å². The Kier molecular flexibility index (Phi) is 3.97. The number of methoxy groups -OCH3 is 1. The first-order valence-electron chi connectivity index (χ1n) is 7.09. The highest BCUT2D eigenvalue weighted by Gasteiger charge is 2.39. The van der Waals surface area contributed by atoms with Crippen molar-refractivity contribution in [2.24, 2.45) is 0 Å². The average molecular weight is 342 g/mol. The van der Waals surface area contributed by atoms with Gasteiger partial charge in [0, 0.05) is 25.1 Å². The van der Waals surface area contributed by atoms with Crippen molar-refractivity contribution in [3.8, 4) is 0 Å². The van der Waals surface area contributed by atoms with Crippen LogP contribution < -0.4 is 5.56 Å². The lowest BCUT2D eigenvalue weighted by Crippen LogP contribution is -2.39. The van der Waals surface area contributed by atoms with E-state index in [4.69, 9.17) is 4.74 Å². The number of ether oxygens (including phenoxy) is 1. The Balaban J connectivity index is 1.89. The van der Waals surface area contributed by atoms with Crippen LogP contribution in [0, 0.1) is 0 Å². The Morgan fingerprint density at radius 2 is 2.05 bits per heavy atom. The SMILES string of the molecule is COCc1nc(C2CC3CCC(C2)N3C)[nH]c(=O)c1Br. The number of aromatic nitrogens is 2. The van der Waals surface area contributed by atoms with E-state index in [0.29, 0.717) is 34.8 Å². The van der Waals surface area contributed by atoms with Gasteiger partial charge >= 0.3 is 0 Å². The number of nitrogens with one attached hydrogen (secondary N) is 1. The van der Waals surface area contributed by atoms with Gasteiger partial charge in [-0.3, -0.25) is 4.79 Å². The number of hydrogen-bond acceptors (Lipinski definition) is 4. The van der Waals surface area contributed by atoms with Crippen LogP contribution in [0.3, 0.4) is 0 Å². The van der Waals surface area contributed by atoms with E-state index in [0.717, 1.165) is 18.7 Å². The molecule has 110 valence electrons. The van der Waals surface area contributed by atoms with Crippen LogP contribution in [0.4, 0.5) is 0 Å². The summed E-state index contributed by atoms with van der Waals surface area (Å²) in [5.41, 5.74) is 0.589. The molecular formula is C14H20BrN3O2. The third-order valence-corrected chi connectivity index (χ3v) is 5.53. The smallest absolute Gasteiger partial charge is 0.265 e. The Hall–Kier alpha value is -0.720. The van der Waals surface area contributed by atoms with Gasteiger partial charge in [0.15, 0.2) is 0 Å². The third kappa shape index (κ3) is 2.44. The standard InChI is InChI=1S/C14H20BrN3O2/c1-18-9-3-4-10(18)6-8(5-9)13-16-11(7-20-2)12(15)14(19)17-13/h8-10H,3-7H2,1-2H3,(H,16,17,19). The van der Waals surface area contributed by atoms with Gasteiger partial charge in [-0.25, -0.2) is 4.98 Å². The van der Waals surface area contributed by atoms with Crippen molar-refractivity contribution < 1.29 is 4.74 Å². The molecule has 2 bridgehead atoms. The Bertz CT molecular complexity index is 546. The van der Waals surface area contributed by atoms with E-state index in [2.05, 4.69) is 37.8 Å². The van der Waals surface area contributed by atoms with Gasteiger partial charge < -0.3 is 14.6 Å².